The molecule has 0 fully saturated rings. The van der Waals surface area contributed by atoms with E-state index >= 15 is 0 Å². The van der Waals surface area contributed by atoms with Gasteiger partial charge in [0.05, 0.1) is 20.3 Å². The number of aliphatic carboxylic acids is 1. The molecule has 0 unspecified atom stereocenters. The van der Waals surface area contributed by atoms with Gasteiger partial charge in [0.2, 0.25) is 0 Å². The highest BCUT2D eigenvalue weighted by Crippen LogP contribution is 2.03. The van der Waals surface area contributed by atoms with Gasteiger partial charge in [-0.05, 0) is 40.0 Å². The van der Waals surface area contributed by atoms with E-state index in [2.05, 4.69) is 44.9 Å². The quantitative estimate of drug-likeness (QED) is 0.131. The lowest BCUT2D eigenvalue weighted by molar-refractivity contribution is -0.140. The molecule has 0 saturated carbocycles. The summed E-state index contributed by atoms with van der Waals surface area (Å²) in [6.45, 7) is 25.4. The van der Waals surface area contributed by atoms with Crippen LogP contribution in [0.5, 0.6) is 0 Å². The van der Waals surface area contributed by atoms with Crippen molar-refractivity contribution in [2.24, 2.45) is 0 Å². The first-order valence-corrected chi connectivity index (χ1v) is 12.0. The highest BCUT2D eigenvalue weighted by Gasteiger charge is 2.04. The zero-order chi connectivity index (χ0) is 29.1. The van der Waals surface area contributed by atoms with Crippen molar-refractivity contribution >= 4 is 23.9 Å². The third-order valence-corrected chi connectivity index (χ3v) is 3.92. The lowest BCUT2D eigenvalue weighted by atomic mass is 10.2. The number of ether oxygens (including phenoxy) is 3. The smallest absolute Gasteiger partial charge is 0.333 e. The maximum absolute atomic E-state index is 11.1. The van der Waals surface area contributed by atoms with Gasteiger partial charge in [-0.1, -0.05) is 72.8 Å². The summed E-state index contributed by atoms with van der Waals surface area (Å²) in [5, 5.41) is 7.89. The number of hydrogen-bond donors (Lipinski definition) is 1. The van der Waals surface area contributed by atoms with E-state index in [4.69, 9.17) is 14.6 Å². The van der Waals surface area contributed by atoms with Gasteiger partial charge in [0, 0.05) is 22.3 Å². The summed E-state index contributed by atoms with van der Waals surface area (Å²) in [4.78, 5) is 41.6. The number of carboxylic acids is 1. The van der Waals surface area contributed by atoms with Crippen LogP contribution in [-0.2, 0) is 33.4 Å². The molecule has 0 amide bonds. The highest BCUT2D eigenvalue weighted by atomic mass is 16.5. The molecule has 0 aliphatic heterocycles. The molecule has 1 N–H and O–H groups in total. The van der Waals surface area contributed by atoms with Crippen molar-refractivity contribution in [3.63, 3.8) is 0 Å². The SMILES string of the molecule is C=C(C)C(=O)O.C=C(C)C(=O)OC.C=C(C)C(=O)OCCCC.C=C(CC)C(=O)OCCCCCC. The van der Waals surface area contributed by atoms with Crippen LogP contribution in [0.3, 0.4) is 0 Å². The van der Waals surface area contributed by atoms with Gasteiger partial charge in [-0.2, -0.15) is 0 Å². The molecule has 0 atom stereocenters. The summed E-state index contributed by atoms with van der Waals surface area (Å²) < 4.78 is 14.1. The molecule has 0 bridgehead atoms. The van der Waals surface area contributed by atoms with Crippen LogP contribution in [0.4, 0.5) is 0 Å². The van der Waals surface area contributed by atoms with E-state index in [-0.39, 0.29) is 23.5 Å². The van der Waals surface area contributed by atoms with Crippen LogP contribution >= 0.6 is 0 Å². The van der Waals surface area contributed by atoms with E-state index in [9.17, 15) is 19.2 Å². The maximum atomic E-state index is 11.1. The largest absolute Gasteiger partial charge is 0.478 e. The van der Waals surface area contributed by atoms with Gasteiger partial charge in [-0.15, -0.1) is 0 Å². The predicted molar refractivity (Wildman–Crippen MR) is 144 cm³/mol. The van der Waals surface area contributed by atoms with Crippen LogP contribution in [0.15, 0.2) is 48.6 Å². The Kier molecular flexibility index (Phi) is 31.2. The number of methoxy groups -OCH3 is 1. The molecule has 0 saturated heterocycles. The van der Waals surface area contributed by atoms with Gasteiger partial charge in [-0.3, -0.25) is 0 Å². The molecule has 0 aromatic carbocycles. The predicted octanol–water partition coefficient (Wildman–Crippen LogP) is 6.36. The van der Waals surface area contributed by atoms with Crippen LogP contribution in [-0.4, -0.2) is 49.3 Å². The average Bonchev–Trinajstić information content (AvgIpc) is 2.83. The molecule has 0 radical (unpaired) electrons. The molecule has 0 spiro atoms. The Morgan fingerprint density at radius 2 is 1.06 bits per heavy atom. The molecule has 0 aromatic heterocycles. The molecule has 0 heterocycles. The number of unbranched alkanes of at least 4 members (excludes halogenated alkanes) is 4. The van der Waals surface area contributed by atoms with Crippen molar-refractivity contribution < 1.29 is 38.5 Å². The first kappa shape index (κ1) is 40.0. The Hall–Kier alpha value is -3.16. The highest BCUT2D eigenvalue weighted by molar-refractivity contribution is 5.88. The van der Waals surface area contributed by atoms with Gasteiger partial charge in [0.15, 0.2) is 0 Å². The zero-order valence-electron chi connectivity index (χ0n) is 23.5. The van der Waals surface area contributed by atoms with Gasteiger partial charge in [0.25, 0.3) is 0 Å². The molecule has 0 aliphatic rings. The number of carbonyl (C=O) groups excluding carboxylic acids is 3. The molecule has 8 heteroatoms. The molecule has 36 heavy (non-hydrogen) atoms. The normalized spacial score (nSPS) is 8.75. The van der Waals surface area contributed by atoms with Crippen LogP contribution < -0.4 is 0 Å². The molecule has 0 rings (SSSR count). The van der Waals surface area contributed by atoms with E-state index in [0.717, 1.165) is 25.7 Å². The Bertz CT molecular complexity index is 692. The van der Waals surface area contributed by atoms with E-state index in [1.165, 1.54) is 26.9 Å². The second kappa shape index (κ2) is 28.1. The van der Waals surface area contributed by atoms with E-state index in [1.807, 2.05) is 6.92 Å². The number of rotatable bonds is 13. The molecule has 0 aliphatic carbocycles. The standard InChI is InChI=1S/C11H20O2.C8H14O2.C5H8O2.C4H6O2/c1-4-6-7-8-9-13-11(12)10(3)5-2;1-4-5-6-10-8(9)7(2)3;1-4(2)5(6)7-3;1-3(2)4(5)6/h3-9H2,1-2H3;2,4-6H2,1,3H3;1H2,2-3H3;1H2,2H3,(H,5,6). The van der Waals surface area contributed by atoms with E-state index in [1.54, 1.807) is 13.8 Å². The summed E-state index contributed by atoms with van der Waals surface area (Å²) in [6, 6.07) is 0. The number of carboxylic acid groups (broad SMARTS) is 1. The fraction of sp³-hybridized carbons (Fsp3) is 0.571. The van der Waals surface area contributed by atoms with Gasteiger partial charge in [0.1, 0.15) is 0 Å². The summed E-state index contributed by atoms with van der Waals surface area (Å²) in [7, 11) is 1.33. The van der Waals surface area contributed by atoms with Gasteiger partial charge < -0.3 is 19.3 Å². The van der Waals surface area contributed by atoms with Crippen LogP contribution in [0, 0.1) is 0 Å². The second-order valence-corrected chi connectivity index (χ2v) is 7.78. The van der Waals surface area contributed by atoms with Crippen LogP contribution in [0.2, 0.25) is 0 Å². The van der Waals surface area contributed by atoms with Crippen molar-refractivity contribution in [2.45, 2.75) is 86.5 Å². The van der Waals surface area contributed by atoms with E-state index in [0.29, 0.717) is 36.4 Å². The Labute approximate surface area is 218 Å². The summed E-state index contributed by atoms with van der Waals surface area (Å²) in [5.41, 5.74) is 1.64. The number of hydrogen-bond acceptors (Lipinski definition) is 7. The molecular weight excluding hydrogens is 464 g/mol. The third kappa shape index (κ3) is 33.0. The Morgan fingerprint density at radius 1 is 0.639 bits per heavy atom. The first-order chi connectivity index (χ1) is 16.7. The van der Waals surface area contributed by atoms with Crippen molar-refractivity contribution in [1.29, 1.82) is 0 Å². The monoisotopic (exact) mass is 512 g/mol. The lowest BCUT2D eigenvalue weighted by Crippen LogP contribution is -2.07. The van der Waals surface area contributed by atoms with Crippen LogP contribution in [0.1, 0.15) is 86.5 Å². The molecular formula is C28H48O8. The zero-order valence-corrected chi connectivity index (χ0v) is 23.5. The van der Waals surface area contributed by atoms with Crippen molar-refractivity contribution in [3.8, 4) is 0 Å². The molecule has 208 valence electrons. The minimum Gasteiger partial charge on any atom is -0.478 e. The van der Waals surface area contributed by atoms with Gasteiger partial charge in [-0.25, -0.2) is 19.2 Å². The number of esters is 3. The minimum absolute atomic E-state index is 0.176. The Morgan fingerprint density at radius 3 is 1.36 bits per heavy atom. The fourth-order valence-corrected chi connectivity index (χ4v) is 1.55. The van der Waals surface area contributed by atoms with Gasteiger partial charge >= 0.3 is 23.9 Å². The molecule has 0 aromatic rings. The second-order valence-electron chi connectivity index (χ2n) is 7.78. The third-order valence-electron chi connectivity index (χ3n) is 3.92. The van der Waals surface area contributed by atoms with Crippen molar-refractivity contribution in [3.05, 3.63) is 48.6 Å². The Balaban J connectivity index is -0.000000199. The molecule has 8 nitrogen and oxygen atoms in total. The minimum atomic E-state index is -0.935. The van der Waals surface area contributed by atoms with E-state index < -0.39 is 5.97 Å². The first-order valence-electron chi connectivity index (χ1n) is 12.0. The van der Waals surface area contributed by atoms with Crippen molar-refractivity contribution in [2.75, 3.05) is 20.3 Å². The summed E-state index contributed by atoms with van der Waals surface area (Å²) in [5.74, 6) is -1.80. The average molecular weight is 513 g/mol. The van der Waals surface area contributed by atoms with Crippen molar-refractivity contribution in [1.82, 2.24) is 0 Å². The summed E-state index contributed by atoms with van der Waals surface area (Å²) >= 11 is 0. The maximum Gasteiger partial charge on any atom is 0.333 e. The van der Waals surface area contributed by atoms with Crippen LogP contribution in [0.25, 0.3) is 0 Å². The lowest BCUT2D eigenvalue weighted by Gasteiger charge is -2.04. The topological polar surface area (TPSA) is 116 Å². The summed E-state index contributed by atoms with van der Waals surface area (Å²) in [6.07, 6.45) is 7.18. The number of carbonyl (C=O) groups is 4. The fourth-order valence-electron chi connectivity index (χ4n) is 1.55.